The first-order valence-electron chi connectivity index (χ1n) is 7.51. The topological polar surface area (TPSA) is 74.7 Å². The molecular weight excluding hydrogens is 252 g/mol. The van der Waals surface area contributed by atoms with Gasteiger partial charge in [-0.15, -0.1) is 0 Å². The fraction of sp³-hybridized carbons (Fsp3) is 0.600. The first-order valence-corrected chi connectivity index (χ1v) is 7.51. The third-order valence-electron chi connectivity index (χ3n) is 4.69. The van der Waals surface area contributed by atoms with Crippen molar-refractivity contribution >= 4 is 11.5 Å². The van der Waals surface area contributed by atoms with Crippen molar-refractivity contribution in [2.45, 2.75) is 44.6 Å². The predicted molar refractivity (Wildman–Crippen MR) is 79.1 cm³/mol. The zero-order valence-corrected chi connectivity index (χ0v) is 11.7. The molecule has 5 nitrogen and oxygen atoms in total. The zero-order chi connectivity index (χ0) is 13.9. The zero-order valence-electron chi connectivity index (χ0n) is 11.7. The quantitative estimate of drug-likeness (QED) is 0.376. The standard InChI is InChI=1S/C15H22N4O/c16-15(18-20)14-13(8-3-9-17-14)19-10-4-6-11-5-1-2-7-12(11)19/h3,8-9,11-12,20H,1-2,4-7,10H2,(H2,16,18). The Morgan fingerprint density at radius 1 is 1.30 bits per heavy atom. The van der Waals surface area contributed by atoms with Crippen molar-refractivity contribution in [3.8, 4) is 0 Å². The summed E-state index contributed by atoms with van der Waals surface area (Å²) < 4.78 is 0. The molecule has 3 rings (SSSR count). The maximum Gasteiger partial charge on any atom is 0.190 e. The first kappa shape index (κ1) is 13.2. The molecular formula is C15H22N4O. The molecule has 2 unspecified atom stereocenters. The Hall–Kier alpha value is -1.78. The van der Waals surface area contributed by atoms with E-state index in [2.05, 4.69) is 15.0 Å². The molecule has 1 aliphatic carbocycles. The Bertz CT molecular complexity index is 500. The SMILES string of the molecule is N/C(=N/O)c1ncccc1N1CCCC2CCCCC21. The van der Waals surface area contributed by atoms with Gasteiger partial charge in [0.2, 0.25) is 0 Å². The molecule has 1 aliphatic heterocycles. The molecule has 2 heterocycles. The van der Waals surface area contributed by atoms with Crippen LogP contribution in [-0.4, -0.2) is 28.6 Å². The van der Waals surface area contributed by atoms with Crippen molar-refractivity contribution in [1.82, 2.24) is 4.98 Å². The molecule has 2 aliphatic rings. The van der Waals surface area contributed by atoms with Gasteiger partial charge in [0.05, 0.1) is 5.69 Å². The molecule has 108 valence electrons. The lowest BCUT2D eigenvalue weighted by molar-refractivity contribution is 0.243. The number of hydrogen-bond acceptors (Lipinski definition) is 4. The van der Waals surface area contributed by atoms with Gasteiger partial charge in [-0.25, -0.2) is 0 Å². The maximum atomic E-state index is 8.95. The minimum atomic E-state index is 0.0959. The fourth-order valence-electron chi connectivity index (χ4n) is 3.80. The van der Waals surface area contributed by atoms with E-state index in [1.807, 2.05) is 12.1 Å². The summed E-state index contributed by atoms with van der Waals surface area (Å²) in [7, 11) is 0. The molecule has 0 amide bonds. The van der Waals surface area contributed by atoms with Crippen LogP contribution in [0.15, 0.2) is 23.5 Å². The molecule has 5 heteroatoms. The third-order valence-corrected chi connectivity index (χ3v) is 4.69. The van der Waals surface area contributed by atoms with Crippen LogP contribution >= 0.6 is 0 Å². The van der Waals surface area contributed by atoms with Crippen molar-refractivity contribution in [3.63, 3.8) is 0 Å². The lowest BCUT2D eigenvalue weighted by atomic mass is 9.78. The monoisotopic (exact) mass is 274 g/mol. The van der Waals surface area contributed by atoms with Gasteiger partial charge in [-0.1, -0.05) is 18.0 Å². The van der Waals surface area contributed by atoms with Crippen LogP contribution in [0.25, 0.3) is 0 Å². The number of anilines is 1. The molecule has 0 spiro atoms. The molecule has 20 heavy (non-hydrogen) atoms. The molecule has 1 saturated carbocycles. The van der Waals surface area contributed by atoms with Gasteiger partial charge in [0.15, 0.2) is 5.84 Å². The number of oxime groups is 1. The van der Waals surface area contributed by atoms with Crippen LogP contribution in [0.1, 0.15) is 44.2 Å². The number of rotatable bonds is 2. The van der Waals surface area contributed by atoms with E-state index >= 15 is 0 Å². The van der Waals surface area contributed by atoms with Crippen LogP contribution in [0.2, 0.25) is 0 Å². The van der Waals surface area contributed by atoms with E-state index in [0.29, 0.717) is 11.7 Å². The Kier molecular flexibility index (Phi) is 3.76. The highest BCUT2D eigenvalue weighted by atomic mass is 16.4. The Morgan fingerprint density at radius 3 is 2.95 bits per heavy atom. The van der Waals surface area contributed by atoms with Crippen molar-refractivity contribution in [1.29, 1.82) is 0 Å². The van der Waals surface area contributed by atoms with E-state index in [1.54, 1.807) is 6.20 Å². The minimum absolute atomic E-state index is 0.0959. The summed E-state index contributed by atoms with van der Waals surface area (Å²) >= 11 is 0. The molecule has 1 saturated heterocycles. The minimum Gasteiger partial charge on any atom is -0.409 e. The van der Waals surface area contributed by atoms with E-state index in [9.17, 15) is 0 Å². The van der Waals surface area contributed by atoms with Crippen molar-refractivity contribution in [3.05, 3.63) is 24.0 Å². The van der Waals surface area contributed by atoms with E-state index in [-0.39, 0.29) is 5.84 Å². The summed E-state index contributed by atoms with van der Waals surface area (Å²) in [5.41, 5.74) is 7.39. The van der Waals surface area contributed by atoms with Gasteiger partial charge in [-0.05, 0) is 43.7 Å². The molecule has 2 atom stereocenters. The Balaban J connectivity index is 1.95. The van der Waals surface area contributed by atoms with Crippen LogP contribution in [0.4, 0.5) is 5.69 Å². The van der Waals surface area contributed by atoms with Gasteiger partial charge >= 0.3 is 0 Å². The van der Waals surface area contributed by atoms with Gasteiger partial charge in [0, 0.05) is 18.8 Å². The van der Waals surface area contributed by atoms with Gasteiger partial charge in [0.1, 0.15) is 5.69 Å². The molecule has 3 N–H and O–H groups in total. The summed E-state index contributed by atoms with van der Waals surface area (Å²) in [5.74, 6) is 0.886. The third kappa shape index (κ3) is 2.32. The molecule has 0 bridgehead atoms. The summed E-state index contributed by atoms with van der Waals surface area (Å²) in [6.07, 6.45) is 9.48. The number of fused-ring (bicyclic) bond motifs is 1. The molecule has 1 aromatic rings. The summed E-state index contributed by atoms with van der Waals surface area (Å²) in [6, 6.07) is 4.56. The van der Waals surface area contributed by atoms with Crippen LogP contribution in [0.5, 0.6) is 0 Å². The van der Waals surface area contributed by atoms with Crippen LogP contribution in [-0.2, 0) is 0 Å². The number of nitrogens with two attached hydrogens (primary N) is 1. The van der Waals surface area contributed by atoms with Gasteiger partial charge in [0.25, 0.3) is 0 Å². The second-order valence-corrected chi connectivity index (χ2v) is 5.80. The number of piperidine rings is 1. The number of aromatic nitrogens is 1. The van der Waals surface area contributed by atoms with Crippen molar-refractivity contribution in [2.24, 2.45) is 16.8 Å². The van der Waals surface area contributed by atoms with E-state index < -0.39 is 0 Å². The summed E-state index contributed by atoms with van der Waals surface area (Å²) in [4.78, 5) is 6.74. The van der Waals surface area contributed by atoms with Crippen LogP contribution in [0.3, 0.4) is 0 Å². The second kappa shape index (κ2) is 5.69. The molecule has 1 aromatic heterocycles. The number of pyridine rings is 1. The molecule has 0 radical (unpaired) electrons. The average molecular weight is 274 g/mol. The van der Waals surface area contributed by atoms with E-state index in [1.165, 1.54) is 38.5 Å². The largest absolute Gasteiger partial charge is 0.409 e. The number of nitrogens with zero attached hydrogens (tertiary/aromatic N) is 3. The van der Waals surface area contributed by atoms with E-state index in [0.717, 1.165) is 18.2 Å². The second-order valence-electron chi connectivity index (χ2n) is 5.80. The number of hydrogen-bond donors (Lipinski definition) is 2. The first-order chi connectivity index (χ1) is 9.81. The van der Waals surface area contributed by atoms with Gasteiger partial charge in [-0.2, -0.15) is 0 Å². The van der Waals surface area contributed by atoms with Crippen LogP contribution in [0, 0.1) is 5.92 Å². The lowest BCUT2D eigenvalue weighted by Crippen LogP contribution is -2.47. The predicted octanol–water partition coefficient (Wildman–Crippen LogP) is 2.34. The van der Waals surface area contributed by atoms with Crippen LogP contribution < -0.4 is 10.6 Å². The highest BCUT2D eigenvalue weighted by molar-refractivity contribution is 6.00. The smallest absolute Gasteiger partial charge is 0.190 e. The van der Waals surface area contributed by atoms with Gasteiger partial charge < -0.3 is 15.8 Å². The average Bonchev–Trinajstić information content (AvgIpc) is 2.53. The Morgan fingerprint density at radius 2 is 2.10 bits per heavy atom. The number of amidine groups is 1. The normalized spacial score (nSPS) is 27.2. The van der Waals surface area contributed by atoms with Crippen molar-refractivity contribution < 1.29 is 5.21 Å². The summed E-state index contributed by atoms with van der Waals surface area (Å²) in [5, 5.41) is 12.1. The molecule has 0 aromatic carbocycles. The molecule has 2 fully saturated rings. The van der Waals surface area contributed by atoms with E-state index in [4.69, 9.17) is 10.9 Å². The fourth-order valence-corrected chi connectivity index (χ4v) is 3.80. The van der Waals surface area contributed by atoms with Crippen molar-refractivity contribution in [2.75, 3.05) is 11.4 Å². The summed E-state index contributed by atoms with van der Waals surface area (Å²) in [6.45, 7) is 1.04. The lowest BCUT2D eigenvalue weighted by Gasteiger charge is -2.45. The highest BCUT2D eigenvalue weighted by Crippen LogP contribution is 2.38. The Labute approximate surface area is 119 Å². The van der Waals surface area contributed by atoms with Gasteiger partial charge in [-0.3, -0.25) is 4.98 Å². The highest BCUT2D eigenvalue weighted by Gasteiger charge is 2.34. The maximum absolute atomic E-state index is 8.95.